The second-order valence-electron chi connectivity index (χ2n) is 8.11. The number of carbonyl (C=O) groups is 2. The number of unbranched alkanes of at least 4 members (excludes halogenated alkanes) is 1. The lowest BCUT2D eigenvalue weighted by molar-refractivity contribution is -0.124. The molecule has 0 unspecified atom stereocenters. The van der Waals surface area contributed by atoms with Gasteiger partial charge >= 0.3 is 0 Å². The summed E-state index contributed by atoms with van der Waals surface area (Å²) in [7, 11) is 0. The van der Waals surface area contributed by atoms with E-state index < -0.39 is 5.92 Å². The van der Waals surface area contributed by atoms with Crippen LogP contribution in [0.15, 0.2) is 48.5 Å². The average Bonchev–Trinajstić information content (AvgIpc) is 3.56. The smallest absolute Gasteiger partial charge is 0.254 e. The second-order valence-corrected chi connectivity index (χ2v) is 8.54. The molecule has 0 aromatic heterocycles. The highest BCUT2D eigenvalue weighted by atomic mass is 35.5. The first-order chi connectivity index (χ1) is 14.1. The van der Waals surface area contributed by atoms with E-state index in [-0.39, 0.29) is 17.9 Å². The molecule has 2 aliphatic rings. The summed E-state index contributed by atoms with van der Waals surface area (Å²) in [5.41, 5.74) is 2.35. The minimum atomic E-state index is -0.446. The van der Waals surface area contributed by atoms with Crippen molar-refractivity contribution in [1.29, 1.82) is 0 Å². The van der Waals surface area contributed by atoms with Gasteiger partial charge in [-0.25, -0.2) is 0 Å². The van der Waals surface area contributed by atoms with Crippen molar-refractivity contribution in [3.05, 3.63) is 70.2 Å². The molecule has 1 aliphatic heterocycles. The molecule has 1 fully saturated rings. The van der Waals surface area contributed by atoms with E-state index in [9.17, 15) is 9.59 Å². The van der Waals surface area contributed by atoms with Gasteiger partial charge in [0.2, 0.25) is 5.91 Å². The highest BCUT2D eigenvalue weighted by Gasteiger charge is 2.44. The van der Waals surface area contributed by atoms with Gasteiger partial charge in [0.05, 0.1) is 12.0 Å². The summed E-state index contributed by atoms with van der Waals surface area (Å²) in [5.74, 6) is 0.131. The molecule has 2 atom stereocenters. The van der Waals surface area contributed by atoms with Crippen LogP contribution >= 0.6 is 11.6 Å². The van der Waals surface area contributed by atoms with Crippen molar-refractivity contribution >= 4 is 23.4 Å². The molecule has 4 nitrogen and oxygen atoms in total. The Morgan fingerprint density at radius 2 is 1.97 bits per heavy atom. The summed E-state index contributed by atoms with van der Waals surface area (Å²) in [5, 5.41) is 3.76. The first-order valence-electron chi connectivity index (χ1n) is 10.5. The van der Waals surface area contributed by atoms with Crippen LogP contribution in [0.2, 0.25) is 5.02 Å². The van der Waals surface area contributed by atoms with Crippen molar-refractivity contribution < 1.29 is 9.59 Å². The van der Waals surface area contributed by atoms with Crippen molar-refractivity contribution in [2.75, 3.05) is 13.1 Å². The zero-order valence-electron chi connectivity index (χ0n) is 16.7. The van der Waals surface area contributed by atoms with Gasteiger partial charge in [0, 0.05) is 23.7 Å². The fraction of sp³-hybridized carbons (Fsp3) is 0.417. The van der Waals surface area contributed by atoms with Crippen LogP contribution < -0.4 is 5.32 Å². The Labute approximate surface area is 177 Å². The Morgan fingerprint density at radius 3 is 2.69 bits per heavy atom. The minimum absolute atomic E-state index is 0.00901. The number of halogens is 1. The first kappa shape index (κ1) is 20.0. The van der Waals surface area contributed by atoms with Crippen LogP contribution in [0.5, 0.6) is 0 Å². The van der Waals surface area contributed by atoms with Gasteiger partial charge in [-0.15, -0.1) is 0 Å². The van der Waals surface area contributed by atoms with Crippen LogP contribution in [0.25, 0.3) is 0 Å². The van der Waals surface area contributed by atoms with E-state index in [1.165, 1.54) is 12.8 Å². The molecule has 2 aromatic carbocycles. The number of fused-ring (bicyclic) bond motifs is 1. The second kappa shape index (κ2) is 8.58. The lowest BCUT2D eigenvalue weighted by Gasteiger charge is -2.42. The molecule has 0 radical (unpaired) electrons. The Hall–Kier alpha value is -2.33. The van der Waals surface area contributed by atoms with Gasteiger partial charge in [-0.2, -0.15) is 0 Å². The zero-order valence-corrected chi connectivity index (χ0v) is 17.5. The van der Waals surface area contributed by atoms with Crippen LogP contribution in [-0.4, -0.2) is 29.8 Å². The normalized spacial score (nSPS) is 21.0. The van der Waals surface area contributed by atoms with E-state index in [0.29, 0.717) is 29.6 Å². The summed E-state index contributed by atoms with van der Waals surface area (Å²) in [4.78, 5) is 28.7. The fourth-order valence-electron chi connectivity index (χ4n) is 4.19. The Morgan fingerprint density at radius 1 is 1.17 bits per heavy atom. The molecule has 1 aliphatic carbocycles. The first-order valence-corrected chi connectivity index (χ1v) is 10.9. The van der Waals surface area contributed by atoms with Crippen molar-refractivity contribution in [1.82, 2.24) is 10.2 Å². The predicted octanol–water partition coefficient (Wildman–Crippen LogP) is 4.95. The molecular weight excluding hydrogens is 384 g/mol. The van der Waals surface area contributed by atoms with Gasteiger partial charge in [-0.3, -0.25) is 9.59 Å². The number of carbonyl (C=O) groups excluding carboxylic acids is 2. The molecule has 1 N–H and O–H groups in total. The molecule has 1 heterocycles. The maximum Gasteiger partial charge on any atom is 0.254 e. The quantitative estimate of drug-likeness (QED) is 0.702. The van der Waals surface area contributed by atoms with Gasteiger partial charge in [-0.1, -0.05) is 55.3 Å². The highest BCUT2D eigenvalue weighted by molar-refractivity contribution is 6.30. The molecule has 5 heteroatoms. The Balaban J connectivity index is 1.79. The number of nitrogens with zero attached hydrogens (tertiary/aromatic N) is 1. The molecule has 2 amide bonds. The van der Waals surface area contributed by atoms with Crippen LogP contribution in [0, 0.1) is 5.92 Å². The van der Waals surface area contributed by atoms with Gasteiger partial charge < -0.3 is 10.2 Å². The summed E-state index contributed by atoms with van der Waals surface area (Å²) in [6.07, 6.45) is 4.23. The van der Waals surface area contributed by atoms with E-state index >= 15 is 0 Å². The number of hydrogen-bond acceptors (Lipinski definition) is 2. The van der Waals surface area contributed by atoms with E-state index in [2.05, 4.69) is 12.2 Å². The SMILES string of the molecule is CCCCN1C(=O)c2ccccc2[C@H](C(=O)NCC2CC2)[C@H]1c1cccc(Cl)c1. The third-order valence-electron chi connectivity index (χ3n) is 5.93. The predicted molar refractivity (Wildman–Crippen MR) is 115 cm³/mol. The van der Waals surface area contributed by atoms with E-state index in [4.69, 9.17) is 11.6 Å². The number of amides is 2. The third kappa shape index (κ3) is 4.18. The largest absolute Gasteiger partial charge is 0.355 e. The van der Waals surface area contributed by atoms with E-state index in [1.807, 2.05) is 53.4 Å². The maximum atomic E-state index is 13.4. The molecule has 4 rings (SSSR count). The molecule has 29 heavy (non-hydrogen) atoms. The van der Waals surface area contributed by atoms with E-state index in [1.54, 1.807) is 0 Å². The van der Waals surface area contributed by atoms with Gasteiger partial charge in [-0.05, 0) is 54.5 Å². The lowest BCUT2D eigenvalue weighted by Crippen LogP contribution is -2.48. The monoisotopic (exact) mass is 410 g/mol. The third-order valence-corrected chi connectivity index (χ3v) is 6.16. The molecule has 0 saturated heterocycles. The topological polar surface area (TPSA) is 49.4 Å². The molecule has 152 valence electrons. The summed E-state index contributed by atoms with van der Waals surface area (Å²) < 4.78 is 0. The van der Waals surface area contributed by atoms with Gasteiger partial charge in [0.25, 0.3) is 5.91 Å². The molecular formula is C24H27ClN2O2. The van der Waals surface area contributed by atoms with Crippen LogP contribution in [0.1, 0.15) is 66.1 Å². The maximum absolute atomic E-state index is 13.4. The van der Waals surface area contributed by atoms with Crippen molar-refractivity contribution in [2.24, 2.45) is 5.92 Å². The fourth-order valence-corrected chi connectivity index (χ4v) is 4.39. The van der Waals surface area contributed by atoms with Crippen LogP contribution in [-0.2, 0) is 4.79 Å². The average molecular weight is 411 g/mol. The zero-order chi connectivity index (χ0) is 20.4. The van der Waals surface area contributed by atoms with E-state index in [0.717, 1.165) is 24.0 Å². The van der Waals surface area contributed by atoms with Crippen molar-refractivity contribution in [2.45, 2.75) is 44.6 Å². The van der Waals surface area contributed by atoms with Gasteiger partial charge in [0.1, 0.15) is 0 Å². The van der Waals surface area contributed by atoms with Crippen LogP contribution in [0.4, 0.5) is 0 Å². The molecule has 2 aromatic rings. The van der Waals surface area contributed by atoms with Crippen molar-refractivity contribution in [3.63, 3.8) is 0 Å². The van der Waals surface area contributed by atoms with Gasteiger partial charge in [0.15, 0.2) is 0 Å². The lowest BCUT2D eigenvalue weighted by atomic mass is 9.79. The molecule has 0 bridgehead atoms. The van der Waals surface area contributed by atoms with Crippen LogP contribution in [0.3, 0.4) is 0 Å². The number of hydrogen-bond donors (Lipinski definition) is 1. The molecule has 1 saturated carbocycles. The number of nitrogens with one attached hydrogen (secondary N) is 1. The summed E-state index contributed by atoms with van der Waals surface area (Å²) in [6.45, 7) is 3.44. The summed E-state index contributed by atoms with van der Waals surface area (Å²) in [6, 6.07) is 14.7. The highest BCUT2D eigenvalue weighted by Crippen LogP contribution is 2.43. The number of benzene rings is 2. The Bertz CT molecular complexity index is 909. The Kier molecular flexibility index (Phi) is 5.91. The summed E-state index contributed by atoms with van der Waals surface area (Å²) >= 11 is 6.29. The molecule has 0 spiro atoms. The minimum Gasteiger partial charge on any atom is -0.355 e. The van der Waals surface area contributed by atoms with Crippen molar-refractivity contribution in [3.8, 4) is 0 Å². The number of rotatable bonds is 7. The standard InChI is InChI=1S/C24H27ClN2O2/c1-2-3-13-27-22(17-7-6-8-18(25)14-17)21(23(28)26-15-16-11-12-16)19-9-4-5-10-20(19)24(27)29/h4-10,14,16,21-22H,2-3,11-13,15H2,1H3,(H,26,28)/t21-,22+/m0/s1.